The first-order chi connectivity index (χ1) is 20.6. The lowest BCUT2D eigenvalue weighted by Crippen LogP contribution is -2.24. The minimum Gasteiger partial charge on any atom is -0.310 e. The molecule has 7 aromatic rings. The largest absolute Gasteiger partial charge is 0.310 e. The van der Waals surface area contributed by atoms with Crippen LogP contribution >= 0.6 is 0 Å². The fraction of sp³-hybridized carbons (Fsp3) is 0.0732. The third-order valence-electron chi connectivity index (χ3n) is 9.03. The average Bonchev–Trinajstić information content (AvgIpc) is 3.04. The third-order valence-corrected chi connectivity index (χ3v) is 9.03. The van der Waals surface area contributed by atoms with E-state index in [-0.39, 0.29) is 5.41 Å². The van der Waals surface area contributed by atoms with E-state index in [1.807, 2.05) is 0 Å². The van der Waals surface area contributed by atoms with E-state index >= 15 is 0 Å². The van der Waals surface area contributed by atoms with Crippen LogP contribution in [-0.4, -0.2) is 0 Å². The van der Waals surface area contributed by atoms with Crippen molar-refractivity contribution in [1.82, 2.24) is 0 Å². The van der Waals surface area contributed by atoms with E-state index in [0.717, 1.165) is 17.1 Å². The van der Waals surface area contributed by atoms with Crippen molar-refractivity contribution in [2.24, 2.45) is 0 Å². The molecule has 0 spiro atoms. The highest BCUT2D eigenvalue weighted by Crippen LogP contribution is 2.53. The summed E-state index contributed by atoms with van der Waals surface area (Å²) < 4.78 is 0. The normalized spacial score (nSPS) is 13.2. The number of nitrogens with zero attached hydrogens (tertiary/aromatic N) is 1. The minimum absolute atomic E-state index is 0.172. The van der Waals surface area contributed by atoms with Crippen LogP contribution in [0.3, 0.4) is 0 Å². The van der Waals surface area contributed by atoms with E-state index < -0.39 is 0 Å². The van der Waals surface area contributed by atoms with Crippen molar-refractivity contribution in [3.8, 4) is 22.3 Å². The van der Waals surface area contributed by atoms with Crippen LogP contribution in [0.1, 0.15) is 25.0 Å². The monoisotopic (exact) mass is 537 g/mol. The van der Waals surface area contributed by atoms with Crippen LogP contribution in [0.4, 0.5) is 17.1 Å². The van der Waals surface area contributed by atoms with Crippen molar-refractivity contribution in [2.75, 3.05) is 4.90 Å². The van der Waals surface area contributed by atoms with Crippen LogP contribution in [0.25, 0.3) is 43.8 Å². The summed E-state index contributed by atoms with van der Waals surface area (Å²) in [4.78, 5) is 2.36. The van der Waals surface area contributed by atoms with Crippen LogP contribution in [0.2, 0.25) is 0 Å². The van der Waals surface area contributed by atoms with Crippen molar-refractivity contribution in [2.45, 2.75) is 19.3 Å². The molecular formula is C41H31N. The Morgan fingerprint density at radius 1 is 0.429 bits per heavy atom. The Balaban J connectivity index is 1.43. The quantitative estimate of drug-likeness (QED) is 0.216. The maximum absolute atomic E-state index is 2.43. The maximum atomic E-state index is 2.43. The Morgan fingerprint density at radius 2 is 1.05 bits per heavy atom. The molecule has 200 valence electrons. The molecule has 0 bridgehead atoms. The second kappa shape index (κ2) is 9.46. The van der Waals surface area contributed by atoms with Gasteiger partial charge in [0.05, 0.1) is 0 Å². The molecule has 0 aliphatic heterocycles. The smallest absolute Gasteiger partial charge is 0.0465 e. The first-order valence-corrected chi connectivity index (χ1v) is 14.7. The molecule has 0 atom stereocenters. The molecule has 7 aromatic carbocycles. The van der Waals surface area contributed by atoms with Gasteiger partial charge in [0.15, 0.2) is 0 Å². The second-order valence-corrected chi connectivity index (χ2v) is 11.8. The first kappa shape index (κ1) is 24.6. The topological polar surface area (TPSA) is 3.24 Å². The minimum atomic E-state index is -0.172. The molecule has 0 N–H and O–H groups in total. The summed E-state index contributed by atoms with van der Waals surface area (Å²) in [6.07, 6.45) is 0. The van der Waals surface area contributed by atoms with Gasteiger partial charge in [-0.2, -0.15) is 0 Å². The van der Waals surface area contributed by atoms with Gasteiger partial charge in [-0.1, -0.05) is 129 Å². The molecule has 0 saturated heterocycles. The lowest BCUT2D eigenvalue weighted by Gasteiger charge is -2.37. The summed E-state index contributed by atoms with van der Waals surface area (Å²) in [7, 11) is 0. The van der Waals surface area contributed by atoms with Crippen LogP contribution in [0.5, 0.6) is 0 Å². The molecule has 42 heavy (non-hydrogen) atoms. The second-order valence-electron chi connectivity index (χ2n) is 11.8. The van der Waals surface area contributed by atoms with E-state index in [1.165, 1.54) is 54.9 Å². The summed E-state index contributed by atoms with van der Waals surface area (Å²) in [6, 6.07) is 55.3. The number of hydrogen-bond donors (Lipinski definition) is 0. The predicted molar refractivity (Wildman–Crippen MR) is 179 cm³/mol. The molecule has 0 unspecified atom stereocenters. The first-order valence-electron chi connectivity index (χ1n) is 14.7. The molecule has 1 nitrogen and oxygen atoms in total. The fourth-order valence-electron chi connectivity index (χ4n) is 7.02. The van der Waals surface area contributed by atoms with Gasteiger partial charge in [0, 0.05) is 22.5 Å². The summed E-state index contributed by atoms with van der Waals surface area (Å²) >= 11 is 0. The van der Waals surface area contributed by atoms with Gasteiger partial charge >= 0.3 is 0 Å². The predicted octanol–water partition coefficient (Wildman–Crippen LogP) is 11.4. The van der Waals surface area contributed by atoms with Gasteiger partial charge in [-0.05, 0) is 91.3 Å². The zero-order valence-corrected chi connectivity index (χ0v) is 23.9. The molecule has 0 amide bonds. The zero-order valence-electron chi connectivity index (χ0n) is 23.9. The zero-order chi connectivity index (χ0) is 28.3. The molecule has 1 heteroatoms. The van der Waals surface area contributed by atoms with Gasteiger partial charge in [0.2, 0.25) is 0 Å². The fourth-order valence-corrected chi connectivity index (χ4v) is 7.02. The van der Waals surface area contributed by atoms with E-state index in [0.29, 0.717) is 0 Å². The van der Waals surface area contributed by atoms with Gasteiger partial charge < -0.3 is 4.90 Å². The number of rotatable bonds is 4. The van der Waals surface area contributed by atoms with Gasteiger partial charge in [0.25, 0.3) is 0 Å². The summed E-state index contributed by atoms with van der Waals surface area (Å²) in [5, 5.41) is 5.22. The van der Waals surface area contributed by atoms with Crippen molar-refractivity contribution < 1.29 is 0 Å². The SMILES string of the molecule is CC1(C)c2cc(N(c3ccccc3)c3ccccc3)ccc2-c2c(-c3cccc4ccccc34)ccc3cccc1c23. The third kappa shape index (κ3) is 3.71. The average molecular weight is 538 g/mol. The molecular weight excluding hydrogens is 506 g/mol. The number of anilines is 3. The molecule has 0 saturated carbocycles. The van der Waals surface area contributed by atoms with Gasteiger partial charge in [-0.3, -0.25) is 0 Å². The standard InChI is InChI=1S/C41H31N/c1-41(2)37-22-12-15-29-23-25-35(34-21-11-14-28-13-9-10-20-33(28)34)40(39(29)37)36-26-24-32(27-38(36)41)42(30-16-5-3-6-17-30)31-18-7-4-8-19-31/h3-27H,1-2H3. The molecule has 1 aliphatic carbocycles. The Hall–Kier alpha value is -5.14. The summed E-state index contributed by atoms with van der Waals surface area (Å²) in [6.45, 7) is 4.76. The molecule has 8 rings (SSSR count). The lowest BCUT2D eigenvalue weighted by molar-refractivity contribution is 0.645. The number of benzene rings is 7. The summed E-state index contributed by atoms with van der Waals surface area (Å²) in [5.74, 6) is 0. The van der Waals surface area contributed by atoms with Crippen molar-refractivity contribution in [3.05, 3.63) is 163 Å². The Kier molecular flexibility index (Phi) is 5.55. The molecule has 1 aliphatic rings. The molecule has 0 radical (unpaired) electrons. The Labute approximate surface area is 247 Å². The van der Waals surface area contributed by atoms with E-state index in [1.54, 1.807) is 0 Å². The van der Waals surface area contributed by atoms with Crippen molar-refractivity contribution in [3.63, 3.8) is 0 Å². The highest BCUT2D eigenvalue weighted by Gasteiger charge is 2.35. The summed E-state index contributed by atoms with van der Waals surface area (Å²) in [5.41, 5.74) is 11.3. The number of hydrogen-bond acceptors (Lipinski definition) is 1. The van der Waals surface area contributed by atoms with Gasteiger partial charge in [-0.15, -0.1) is 0 Å². The Bertz CT molecular complexity index is 2060. The lowest BCUT2D eigenvalue weighted by atomic mass is 9.67. The molecule has 0 fully saturated rings. The molecule has 0 heterocycles. The van der Waals surface area contributed by atoms with E-state index in [2.05, 4.69) is 170 Å². The highest BCUT2D eigenvalue weighted by atomic mass is 15.1. The Morgan fingerprint density at radius 3 is 1.81 bits per heavy atom. The van der Waals surface area contributed by atoms with Gasteiger partial charge in [-0.25, -0.2) is 0 Å². The maximum Gasteiger partial charge on any atom is 0.0465 e. The highest BCUT2D eigenvalue weighted by molar-refractivity contribution is 6.12. The van der Waals surface area contributed by atoms with Gasteiger partial charge in [0.1, 0.15) is 0 Å². The number of fused-ring (bicyclic) bond motifs is 3. The molecule has 0 aromatic heterocycles. The van der Waals surface area contributed by atoms with Crippen LogP contribution in [0.15, 0.2) is 152 Å². The van der Waals surface area contributed by atoms with Crippen LogP contribution in [0, 0.1) is 0 Å². The van der Waals surface area contributed by atoms with Crippen LogP contribution in [-0.2, 0) is 5.41 Å². The van der Waals surface area contributed by atoms with Crippen molar-refractivity contribution >= 4 is 38.6 Å². The number of para-hydroxylation sites is 2. The van der Waals surface area contributed by atoms with E-state index in [4.69, 9.17) is 0 Å². The van der Waals surface area contributed by atoms with Crippen molar-refractivity contribution in [1.29, 1.82) is 0 Å². The van der Waals surface area contributed by atoms with Crippen LogP contribution < -0.4 is 4.90 Å². The van der Waals surface area contributed by atoms with E-state index in [9.17, 15) is 0 Å².